The number of nitrogens with zero attached hydrogens (tertiary/aromatic N) is 1. The van der Waals surface area contributed by atoms with Crippen LogP contribution in [-0.2, 0) is 0 Å². The molecule has 0 amide bonds. The zero-order valence-corrected chi connectivity index (χ0v) is 12.4. The summed E-state index contributed by atoms with van der Waals surface area (Å²) in [5, 5.41) is 13.3. The molecule has 0 aliphatic rings. The third-order valence-electron chi connectivity index (χ3n) is 3.14. The first-order chi connectivity index (χ1) is 11.3. The van der Waals surface area contributed by atoms with Gasteiger partial charge in [-0.2, -0.15) is 5.10 Å². The SMILES string of the molecule is COc1ccc(O)c(/C(C)=N/Nc2c(F)c(F)c(F)c(F)c2F)c1. The predicted octanol–water partition coefficient (Wildman–Crippen LogP) is 3.93. The van der Waals surface area contributed by atoms with Gasteiger partial charge in [0.05, 0.1) is 12.8 Å². The number of phenols is 1. The van der Waals surface area contributed by atoms with Crippen LogP contribution < -0.4 is 10.2 Å². The van der Waals surface area contributed by atoms with E-state index in [0.29, 0.717) is 5.75 Å². The van der Waals surface area contributed by atoms with Crippen molar-refractivity contribution in [3.05, 3.63) is 52.8 Å². The molecule has 0 saturated carbocycles. The topological polar surface area (TPSA) is 53.9 Å². The Labute approximate surface area is 133 Å². The lowest BCUT2D eigenvalue weighted by Gasteiger charge is -2.10. The monoisotopic (exact) mass is 346 g/mol. The van der Waals surface area contributed by atoms with E-state index in [9.17, 15) is 27.1 Å². The molecule has 0 aliphatic heterocycles. The number of aromatic hydroxyl groups is 1. The fourth-order valence-corrected chi connectivity index (χ4v) is 1.83. The Kier molecular flexibility index (Phi) is 4.91. The number of rotatable bonds is 4. The molecule has 0 radical (unpaired) electrons. The van der Waals surface area contributed by atoms with Crippen molar-refractivity contribution < 1.29 is 31.8 Å². The summed E-state index contributed by atoms with van der Waals surface area (Å²) < 4.78 is 71.2. The highest BCUT2D eigenvalue weighted by Gasteiger charge is 2.25. The van der Waals surface area contributed by atoms with Gasteiger partial charge in [0, 0.05) is 5.56 Å². The zero-order chi connectivity index (χ0) is 18.0. The molecule has 0 fully saturated rings. The molecule has 2 N–H and O–H groups in total. The van der Waals surface area contributed by atoms with E-state index in [1.54, 1.807) is 5.43 Å². The first kappa shape index (κ1) is 17.5. The van der Waals surface area contributed by atoms with Crippen LogP contribution in [0.5, 0.6) is 11.5 Å². The van der Waals surface area contributed by atoms with Crippen molar-refractivity contribution in [3.8, 4) is 11.5 Å². The van der Waals surface area contributed by atoms with E-state index < -0.39 is 34.8 Å². The standard InChI is InChI=1S/C15H11F5N2O2/c1-6(8-5-7(24-2)3-4-9(8)23)21-22-15-13(19)11(17)10(16)12(18)14(15)20/h3-5,22-23H,1-2H3/b21-6+. The van der Waals surface area contributed by atoms with Crippen LogP contribution in [0.25, 0.3) is 0 Å². The number of hydrogen-bond donors (Lipinski definition) is 2. The van der Waals surface area contributed by atoms with Crippen molar-refractivity contribution in [3.63, 3.8) is 0 Å². The van der Waals surface area contributed by atoms with E-state index in [0.717, 1.165) is 0 Å². The molecular weight excluding hydrogens is 335 g/mol. The molecule has 0 spiro atoms. The third kappa shape index (κ3) is 3.10. The Bertz CT molecular complexity index is 795. The van der Waals surface area contributed by atoms with Gasteiger partial charge >= 0.3 is 0 Å². The maximum atomic E-state index is 13.5. The number of methoxy groups -OCH3 is 1. The largest absolute Gasteiger partial charge is 0.507 e. The van der Waals surface area contributed by atoms with E-state index in [-0.39, 0.29) is 17.0 Å². The second-order valence-electron chi connectivity index (χ2n) is 4.64. The fraction of sp³-hybridized carbons (Fsp3) is 0.133. The lowest BCUT2D eigenvalue weighted by atomic mass is 10.1. The molecule has 0 atom stereocenters. The van der Waals surface area contributed by atoms with Crippen molar-refractivity contribution in [1.29, 1.82) is 0 Å². The van der Waals surface area contributed by atoms with Gasteiger partial charge in [0.25, 0.3) is 0 Å². The van der Waals surface area contributed by atoms with Crippen LogP contribution in [0.4, 0.5) is 27.6 Å². The molecule has 2 aromatic carbocycles. The zero-order valence-electron chi connectivity index (χ0n) is 12.4. The first-order valence-electron chi connectivity index (χ1n) is 6.47. The summed E-state index contributed by atoms with van der Waals surface area (Å²) in [5.74, 6) is -10.4. The van der Waals surface area contributed by atoms with Gasteiger partial charge in [0.15, 0.2) is 23.3 Å². The number of phenolic OH excluding ortho intramolecular Hbond substituents is 1. The van der Waals surface area contributed by atoms with Gasteiger partial charge in [-0.1, -0.05) is 0 Å². The van der Waals surface area contributed by atoms with Crippen LogP contribution in [0.1, 0.15) is 12.5 Å². The van der Waals surface area contributed by atoms with Gasteiger partial charge in [-0.15, -0.1) is 0 Å². The summed E-state index contributed by atoms with van der Waals surface area (Å²) in [7, 11) is 1.38. The number of nitrogens with one attached hydrogen (secondary N) is 1. The Balaban J connectivity index is 2.42. The number of hydrazone groups is 1. The molecule has 128 valence electrons. The normalized spacial score (nSPS) is 11.5. The Morgan fingerprint density at radius 1 is 1.00 bits per heavy atom. The summed E-state index contributed by atoms with van der Waals surface area (Å²) in [6.45, 7) is 1.35. The van der Waals surface area contributed by atoms with Gasteiger partial charge in [-0.05, 0) is 25.1 Å². The summed E-state index contributed by atoms with van der Waals surface area (Å²) in [4.78, 5) is 0. The van der Waals surface area contributed by atoms with Crippen molar-refractivity contribution in [1.82, 2.24) is 0 Å². The second-order valence-corrected chi connectivity index (χ2v) is 4.64. The van der Waals surface area contributed by atoms with Crippen molar-refractivity contribution in [2.24, 2.45) is 5.10 Å². The molecule has 0 saturated heterocycles. The molecule has 0 heterocycles. The number of ether oxygens (including phenoxy) is 1. The average Bonchev–Trinajstić information content (AvgIpc) is 2.58. The number of benzene rings is 2. The van der Waals surface area contributed by atoms with E-state index in [1.807, 2.05) is 0 Å². The number of anilines is 1. The van der Waals surface area contributed by atoms with Crippen molar-refractivity contribution >= 4 is 11.4 Å². The number of halogens is 5. The van der Waals surface area contributed by atoms with Crippen LogP contribution in [0.3, 0.4) is 0 Å². The minimum atomic E-state index is -2.26. The molecule has 2 rings (SSSR count). The van der Waals surface area contributed by atoms with E-state index in [2.05, 4.69) is 5.10 Å². The summed E-state index contributed by atoms with van der Waals surface area (Å²) in [5.41, 5.74) is 0.662. The van der Waals surface area contributed by atoms with Gasteiger partial charge in [0.2, 0.25) is 5.82 Å². The average molecular weight is 346 g/mol. The molecule has 4 nitrogen and oxygen atoms in total. The summed E-state index contributed by atoms with van der Waals surface area (Å²) in [6, 6.07) is 4.14. The van der Waals surface area contributed by atoms with Gasteiger partial charge in [-0.25, -0.2) is 22.0 Å². The van der Waals surface area contributed by atoms with Crippen LogP contribution in [0.15, 0.2) is 23.3 Å². The molecular formula is C15H11F5N2O2. The van der Waals surface area contributed by atoms with Crippen LogP contribution in [-0.4, -0.2) is 17.9 Å². The highest BCUT2D eigenvalue weighted by molar-refractivity contribution is 6.01. The van der Waals surface area contributed by atoms with Gasteiger partial charge in [-0.3, -0.25) is 5.43 Å². The van der Waals surface area contributed by atoms with Crippen molar-refractivity contribution in [2.45, 2.75) is 6.92 Å². The third-order valence-corrected chi connectivity index (χ3v) is 3.14. The Morgan fingerprint density at radius 2 is 1.54 bits per heavy atom. The molecule has 0 bridgehead atoms. The van der Waals surface area contributed by atoms with Gasteiger partial charge in [0.1, 0.15) is 17.2 Å². The Hall–Kier alpha value is -2.84. The lowest BCUT2D eigenvalue weighted by Crippen LogP contribution is -2.08. The minimum absolute atomic E-state index is 0.0235. The molecule has 9 heteroatoms. The second kappa shape index (κ2) is 6.73. The maximum Gasteiger partial charge on any atom is 0.200 e. The summed E-state index contributed by atoms with van der Waals surface area (Å²) >= 11 is 0. The predicted molar refractivity (Wildman–Crippen MR) is 76.7 cm³/mol. The lowest BCUT2D eigenvalue weighted by molar-refractivity contribution is 0.381. The van der Waals surface area contributed by atoms with Crippen molar-refractivity contribution in [2.75, 3.05) is 12.5 Å². The smallest absolute Gasteiger partial charge is 0.200 e. The van der Waals surface area contributed by atoms with Crippen LogP contribution >= 0.6 is 0 Å². The number of hydrogen-bond acceptors (Lipinski definition) is 4. The first-order valence-corrected chi connectivity index (χ1v) is 6.47. The van der Waals surface area contributed by atoms with E-state index in [4.69, 9.17) is 4.74 Å². The fourth-order valence-electron chi connectivity index (χ4n) is 1.83. The van der Waals surface area contributed by atoms with Crippen LogP contribution in [0, 0.1) is 29.1 Å². The maximum absolute atomic E-state index is 13.5. The van der Waals surface area contributed by atoms with E-state index in [1.165, 1.54) is 32.2 Å². The molecule has 2 aromatic rings. The molecule has 0 aliphatic carbocycles. The minimum Gasteiger partial charge on any atom is -0.507 e. The summed E-state index contributed by atoms with van der Waals surface area (Å²) in [6.07, 6.45) is 0. The van der Waals surface area contributed by atoms with Crippen LogP contribution in [0.2, 0.25) is 0 Å². The molecule has 0 aromatic heterocycles. The molecule has 24 heavy (non-hydrogen) atoms. The van der Waals surface area contributed by atoms with Gasteiger partial charge < -0.3 is 9.84 Å². The highest BCUT2D eigenvalue weighted by Crippen LogP contribution is 2.28. The molecule has 0 unspecified atom stereocenters. The van der Waals surface area contributed by atoms with E-state index >= 15 is 0 Å². The highest BCUT2D eigenvalue weighted by atomic mass is 19.2. The quantitative estimate of drug-likeness (QED) is 0.290. The Morgan fingerprint density at radius 3 is 2.08 bits per heavy atom.